The van der Waals surface area contributed by atoms with Crippen LogP contribution in [0.25, 0.3) is 0 Å². The van der Waals surface area contributed by atoms with Crippen LogP contribution in [0.5, 0.6) is 11.5 Å². The Kier molecular flexibility index (Phi) is 1.94. The molecule has 1 aromatic carbocycles. The molecule has 2 rings (SSSR count). The highest BCUT2D eigenvalue weighted by atomic mass is 16.7. The fourth-order valence-electron chi connectivity index (χ4n) is 1.31. The minimum atomic E-state index is -0.698. The molecular formula is C10H10O3. The number of ether oxygens (including phenoxy) is 2. The summed E-state index contributed by atoms with van der Waals surface area (Å²) in [5.74, 6) is 1.30. The lowest BCUT2D eigenvalue weighted by atomic mass is 10.1. The van der Waals surface area contributed by atoms with Crippen LogP contribution in [0.2, 0.25) is 0 Å². The number of para-hydroxylation sites is 1. The van der Waals surface area contributed by atoms with E-state index in [0.717, 1.165) is 0 Å². The number of aliphatic hydroxyl groups is 1. The van der Waals surface area contributed by atoms with Crippen molar-refractivity contribution >= 4 is 0 Å². The minimum Gasteiger partial charge on any atom is -0.454 e. The second-order valence-electron chi connectivity index (χ2n) is 2.76. The number of hydrogen-bond acceptors (Lipinski definition) is 3. The topological polar surface area (TPSA) is 38.7 Å². The number of rotatable bonds is 2. The van der Waals surface area contributed by atoms with Crippen LogP contribution >= 0.6 is 0 Å². The number of aliphatic hydroxyl groups excluding tert-OH is 1. The largest absolute Gasteiger partial charge is 0.454 e. The first kappa shape index (κ1) is 8.13. The quantitative estimate of drug-likeness (QED) is 0.699. The van der Waals surface area contributed by atoms with Crippen LogP contribution in [0.3, 0.4) is 0 Å². The van der Waals surface area contributed by atoms with Crippen molar-refractivity contribution in [1.29, 1.82) is 0 Å². The van der Waals surface area contributed by atoms with Crippen LogP contribution in [0.15, 0.2) is 30.9 Å². The van der Waals surface area contributed by atoms with Crippen molar-refractivity contribution in [2.45, 2.75) is 6.10 Å². The monoisotopic (exact) mass is 178 g/mol. The SMILES string of the molecule is C=CC(O)c1cccc2c1OCO2. The molecular weight excluding hydrogens is 168 g/mol. The van der Waals surface area contributed by atoms with E-state index in [2.05, 4.69) is 6.58 Å². The van der Waals surface area contributed by atoms with Gasteiger partial charge >= 0.3 is 0 Å². The molecule has 1 aromatic rings. The molecule has 0 spiro atoms. The van der Waals surface area contributed by atoms with Crippen LogP contribution in [-0.4, -0.2) is 11.9 Å². The molecule has 0 saturated heterocycles. The van der Waals surface area contributed by atoms with Crippen LogP contribution in [0, 0.1) is 0 Å². The third kappa shape index (κ3) is 1.27. The van der Waals surface area contributed by atoms with Crippen LogP contribution in [0.1, 0.15) is 11.7 Å². The minimum absolute atomic E-state index is 0.218. The predicted octanol–water partition coefficient (Wildman–Crippen LogP) is 1.63. The van der Waals surface area contributed by atoms with Gasteiger partial charge in [-0.05, 0) is 6.07 Å². The maximum atomic E-state index is 9.54. The maximum absolute atomic E-state index is 9.54. The first-order valence-electron chi connectivity index (χ1n) is 4.02. The van der Waals surface area contributed by atoms with Crippen molar-refractivity contribution in [2.24, 2.45) is 0 Å². The molecule has 0 bridgehead atoms. The fourth-order valence-corrected chi connectivity index (χ4v) is 1.31. The zero-order valence-corrected chi connectivity index (χ0v) is 7.06. The number of fused-ring (bicyclic) bond motifs is 1. The Hall–Kier alpha value is -1.48. The van der Waals surface area contributed by atoms with Gasteiger partial charge in [0.05, 0.1) is 0 Å². The molecule has 68 valence electrons. The van der Waals surface area contributed by atoms with Crippen molar-refractivity contribution in [3.05, 3.63) is 36.4 Å². The van der Waals surface area contributed by atoms with Gasteiger partial charge in [0.15, 0.2) is 11.5 Å². The molecule has 3 heteroatoms. The Morgan fingerprint density at radius 1 is 1.46 bits per heavy atom. The molecule has 1 unspecified atom stereocenters. The third-order valence-electron chi connectivity index (χ3n) is 1.97. The third-order valence-corrected chi connectivity index (χ3v) is 1.97. The van der Waals surface area contributed by atoms with Crippen molar-refractivity contribution in [1.82, 2.24) is 0 Å². The van der Waals surface area contributed by atoms with E-state index in [1.807, 2.05) is 12.1 Å². The summed E-state index contributed by atoms with van der Waals surface area (Å²) in [6, 6.07) is 5.41. The summed E-state index contributed by atoms with van der Waals surface area (Å²) in [6.45, 7) is 3.73. The van der Waals surface area contributed by atoms with Gasteiger partial charge in [0.2, 0.25) is 6.79 Å². The highest BCUT2D eigenvalue weighted by Crippen LogP contribution is 2.38. The van der Waals surface area contributed by atoms with E-state index in [0.29, 0.717) is 17.1 Å². The summed E-state index contributed by atoms with van der Waals surface area (Å²) in [4.78, 5) is 0. The highest BCUT2D eigenvalue weighted by molar-refractivity contribution is 5.49. The predicted molar refractivity (Wildman–Crippen MR) is 47.7 cm³/mol. The average Bonchev–Trinajstić information content (AvgIpc) is 2.63. The van der Waals surface area contributed by atoms with Crippen LogP contribution in [0.4, 0.5) is 0 Å². The first-order valence-corrected chi connectivity index (χ1v) is 4.02. The Morgan fingerprint density at radius 3 is 3.08 bits per heavy atom. The number of hydrogen-bond donors (Lipinski definition) is 1. The molecule has 1 aliphatic heterocycles. The molecule has 0 fully saturated rings. The van der Waals surface area contributed by atoms with Crippen molar-refractivity contribution < 1.29 is 14.6 Å². The molecule has 0 saturated carbocycles. The molecule has 0 aromatic heterocycles. The van der Waals surface area contributed by atoms with Crippen LogP contribution < -0.4 is 9.47 Å². The molecule has 1 aliphatic rings. The lowest BCUT2D eigenvalue weighted by molar-refractivity contribution is 0.168. The van der Waals surface area contributed by atoms with E-state index in [-0.39, 0.29) is 6.79 Å². The van der Waals surface area contributed by atoms with Gasteiger partial charge < -0.3 is 14.6 Å². The molecule has 1 N–H and O–H groups in total. The molecule has 1 atom stereocenters. The van der Waals surface area contributed by atoms with E-state index in [9.17, 15) is 5.11 Å². The molecule has 1 heterocycles. The van der Waals surface area contributed by atoms with E-state index in [1.54, 1.807) is 6.07 Å². The zero-order chi connectivity index (χ0) is 9.26. The van der Waals surface area contributed by atoms with Gasteiger partial charge in [0.25, 0.3) is 0 Å². The normalized spacial score (nSPS) is 15.5. The summed E-state index contributed by atoms with van der Waals surface area (Å²) in [7, 11) is 0. The highest BCUT2D eigenvalue weighted by Gasteiger charge is 2.19. The summed E-state index contributed by atoms with van der Waals surface area (Å²) in [6.07, 6.45) is 0.758. The summed E-state index contributed by atoms with van der Waals surface area (Å²) >= 11 is 0. The molecule has 3 nitrogen and oxygen atoms in total. The molecule has 0 aliphatic carbocycles. The smallest absolute Gasteiger partial charge is 0.231 e. The zero-order valence-electron chi connectivity index (χ0n) is 7.06. The van der Waals surface area contributed by atoms with Gasteiger partial charge in [0, 0.05) is 5.56 Å². The Morgan fingerprint density at radius 2 is 2.31 bits per heavy atom. The standard InChI is InChI=1S/C10H10O3/c1-2-8(11)7-4-3-5-9-10(7)13-6-12-9/h2-5,8,11H,1,6H2. The molecule has 0 radical (unpaired) electrons. The van der Waals surface area contributed by atoms with Crippen molar-refractivity contribution in [2.75, 3.05) is 6.79 Å². The summed E-state index contributed by atoms with van der Waals surface area (Å²) < 4.78 is 10.4. The second kappa shape index (κ2) is 3.11. The first-order chi connectivity index (χ1) is 6.33. The van der Waals surface area contributed by atoms with E-state index in [1.165, 1.54) is 6.08 Å². The van der Waals surface area contributed by atoms with Crippen molar-refractivity contribution in [3.8, 4) is 11.5 Å². The average molecular weight is 178 g/mol. The van der Waals surface area contributed by atoms with Gasteiger partial charge in [-0.25, -0.2) is 0 Å². The summed E-state index contributed by atoms with van der Waals surface area (Å²) in [5.41, 5.74) is 0.699. The van der Waals surface area contributed by atoms with Crippen molar-refractivity contribution in [3.63, 3.8) is 0 Å². The van der Waals surface area contributed by atoms with Gasteiger partial charge in [0.1, 0.15) is 6.10 Å². The van der Waals surface area contributed by atoms with E-state index < -0.39 is 6.10 Å². The second-order valence-corrected chi connectivity index (χ2v) is 2.76. The maximum Gasteiger partial charge on any atom is 0.231 e. The summed E-state index contributed by atoms with van der Waals surface area (Å²) in [5, 5.41) is 9.54. The Balaban J connectivity index is 2.46. The van der Waals surface area contributed by atoms with Gasteiger partial charge in [-0.2, -0.15) is 0 Å². The van der Waals surface area contributed by atoms with Gasteiger partial charge in [-0.3, -0.25) is 0 Å². The lowest BCUT2D eigenvalue weighted by Gasteiger charge is -2.08. The van der Waals surface area contributed by atoms with E-state index in [4.69, 9.17) is 9.47 Å². The van der Waals surface area contributed by atoms with Gasteiger partial charge in [-0.15, -0.1) is 6.58 Å². The fraction of sp³-hybridized carbons (Fsp3) is 0.200. The molecule has 13 heavy (non-hydrogen) atoms. The number of benzene rings is 1. The lowest BCUT2D eigenvalue weighted by Crippen LogP contribution is -1.97. The molecule has 0 amide bonds. The van der Waals surface area contributed by atoms with E-state index >= 15 is 0 Å². The van der Waals surface area contributed by atoms with Crippen LogP contribution in [-0.2, 0) is 0 Å². The Bertz CT molecular complexity index is 333. The Labute approximate surface area is 76.2 Å². The van der Waals surface area contributed by atoms with Gasteiger partial charge in [-0.1, -0.05) is 18.2 Å².